The number of hydrogen-bond acceptors (Lipinski definition) is 3. The van der Waals surface area contributed by atoms with E-state index in [2.05, 4.69) is 12.2 Å². The predicted octanol–water partition coefficient (Wildman–Crippen LogP) is 2.80. The summed E-state index contributed by atoms with van der Waals surface area (Å²) in [7, 11) is 3.54. The number of hydrogen-bond donors (Lipinski definition) is 1. The second kappa shape index (κ2) is 8.12. The third-order valence-electron chi connectivity index (χ3n) is 3.22. The smallest absolute Gasteiger partial charge is 0.146 e. The van der Waals surface area contributed by atoms with Crippen LogP contribution < -0.4 is 10.2 Å². The van der Waals surface area contributed by atoms with Gasteiger partial charge in [-0.05, 0) is 37.6 Å². The molecule has 1 atom stereocenters. The lowest BCUT2D eigenvalue weighted by Gasteiger charge is -2.27. The van der Waals surface area contributed by atoms with Gasteiger partial charge in [0.25, 0.3) is 0 Å². The number of ether oxygens (including phenoxy) is 1. The second-order valence-corrected chi connectivity index (χ2v) is 4.88. The topological polar surface area (TPSA) is 24.5 Å². The van der Waals surface area contributed by atoms with Crippen LogP contribution in [0.1, 0.15) is 25.8 Å². The lowest BCUT2D eigenvalue weighted by molar-refractivity contribution is 0.183. The third-order valence-corrected chi connectivity index (χ3v) is 3.22. The van der Waals surface area contributed by atoms with Crippen molar-refractivity contribution in [2.24, 2.45) is 0 Å². The highest BCUT2D eigenvalue weighted by atomic mass is 19.1. The van der Waals surface area contributed by atoms with Crippen LogP contribution in [0.4, 0.5) is 10.1 Å². The zero-order valence-electron chi connectivity index (χ0n) is 12.4. The SMILES string of the molecule is CCCNCc1ccc(N(C)C(C)COC)c(F)c1. The molecule has 0 saturated carbocycles. The van der Waals surface area contributed by atoms with Crippen LogP contribution in [-0.2, 0) is 11.3 Å². The van der Waals surface area contributed by atoms with Crippen molar-refractivity contribution in [3.05, 3.63) is 29.6 Å². The van der Waals surface area contributed by atoms with Crippen LogP contribution in [0.2, 0.25) is 0 Å². The highest BCUT2D eigenvalue weighted by Gasteiger charge is 2.14. The van der Waals surface area contributed by atoms with Gasteiger partial charge < -0.3 is 15.0 Å². The van der Waals surface area contributed by atoms with Crippen molar-refractivity contribution < 1.29 is 9.13 Å². The minimum absolute atomic E-state index is 0.142. The fraction of sp³-hybridized carbons (Fsp3) is 0.600. The minimum Gasteiger partial charge on any atom is -0.383 e. The summed E-state index contributed by atoms with van der Waals surface area (Å²) in [5.41, 5.74) is 1.59. The molecule has 1 aromatic rings. The molecule has 0 aliphatic heterocycles. The maximum Gasteiger partial charge on any atom is 0.146 e. The molecule has 1 N–H and O–H groups in total. The zero-order chi connectivity index (χ0) is 14.3. The highest BCUT2D eigenvalue weighted by Crippen LogP contribution is 2.21. The van der Waals surface area contributed by atoms with Crippen LogP contribution in [0.15, 0.2) is 18.2 Å². The van der Waals surface area contributed by atoms with Gasteiger partial charge in [0.2, 0.25) is 0 Å². The molecule has 0 saturated heterocycles. The molecule has 0 aliphatic carbocycles. The second-order valence-electron chi connectivity index (χ2n) is 4.88. The number of anilines is 1. The molecule has 0 radical (unpaired) electrons. The van der Waals surface area contributed by atoms with Crippen LogP contribution in [-0.4, -0.2) is 33.4 Å². The average molecular weight is 268 g/mol. The molecule has 4 heteroatoms. The molecule has 0 fully saturated rings. The van der Waals surface area contributed by atoms with E-state index >= 15 is 0 Å². The van der Waals surface area contributed by atoms with Crippen LogP contribution in [0, 0.1) is 5.82 Å². The molecule has 0 spiro atoms. The number of benzene rings is 1. The van der Waals surface area contributed by atoms with Crippen molar-refractivity contribution in [1.29, 1.82) is 0 Å². The van der Waals surface area contributed by atoms with Crippen LogP contribution >= 0.6 is 0 Å². The molecule has 1 unspecified atom stereocenters. The van der Waals surface area contributed by atoms with E-state index in [1.807, 2.05) is 31.0 Å². The molecule has 19 heavy (non-hydrogen) atoms. The van der Waals surface area contributed by atoms with Crippen LogP contribution in [0.25, 0.3) is 0 Å². The van der Waals surface area contributed by atoms with Crippen molar-refractivity contribution in [2.45, 2.75) is 32.9 Å². The number of methoxy groups -OCH3 is 1. The van der Waals surface area contributed by atoms with Gasteiger partial charge in [-0.2, -0.15) is 0 Å². The summed E-state index contributed by atoms with van der Waals surface area (Å²) in [5.74, 6) is -0.179. The van der Waals surface area contributed by atoms with E-state index in [-0.39, 0.29) is 11.9 Å². The summed E-state index contributed by atoms with van der Waals surface area (Å²) in [4.78, 5) is 1.90. The highest BCUT2D eigenvalue weighted by molar-refractivity contribution is 5.49. The normalized spacial score (nSPS) is 12.5. The molecule has 0 heterocycles. The standard InChI is InChI=1S/C15H25FN2O/c1-5-8-17-10-13-6-7-15(14(16)9-13)18(3)12(2)11-19-4/h6-7,9,12,17H,5,8,10-11H2,1-4H3. The number of likely N-dealkylation sites (N-methyl/N-ethyl adjacent to an activating group) is 1. The van der Waals surface area contributed by atoms with Gasteiger partial charge in [-0.3, -0.25) is 0 Å². The van der Waals surface area contributed by atoms with Crippen molar-refractivity contribution in [2.75, 3.05) is 32.2 Å². The van der Waals surface area contributed by atoms with Crippen LogP contribution in [0.5, 0.6) is 0 Å². The first-order valence-electron chi connectivity index (χ1n) is 6.81. The fourth-order valence-electron chi connectivity index (χ4n) is 1.95. The fourth-order valence-corrected chi connectivity index (χ4v) is 1.95. The van der Waals surface area contributed by atoms with Crippen molar-refractivity contribution in [1.82, 2.24) is 5.32 Å². The average Bonchev–Trinajstić information content (AvgIpc) is 2.39. The zero-order valence-corrected chi connectivity index (χ0v) is 12.4. The Balaban J connectivity index is 2.70. The van der Waals surface area contributed by atoms with Gasteiger partial charge in [0.05, 0.1) is 12.3 Å². The van der Waals surface area contributed by atoms with Gasteiger partial charge >= 0.3 is 0 Å². The van der Waals surface area contributed by atoms with Crippen LogP contribution in [0.3, 0.4) is 0 Å². The monoisotopic (exact) mass is 268 g/mol. The van der Waals surface area contributed by atoms with Gasteiger partial charge in [-0.1, -0.05) is 13.0 Å². The Kier molecular flexibility index (Phi) is 6.81. The summed E-state index contributed by atoms with van der Waals surface area (Å²) in [6, 6.07) is 5.55. The van der Waals surface area contributed by atoms with E-state index in [0.29, 0.717) is 18.8 Å². The number of nitrogens with zero attached hydrogens (tertiary/aromatic N) is 1. The Bertz CT molecular complexity index is 384. The number of rotatable bonds is 8. The first kappa shape index (κ1) is 15.9. The van der Waals surface area contributed by atoms with Gasteiger partial charge in [-0.15, -0.1) is 0 Å². The van der Waals surface area contributed by atoms with Gasteiger partial charge in [-0.25, -0.2) is 4.39 Å². The van der Waals surface area contributed by atoms with E-state index in [1.165, 1.54) is 0 Å². The first-order valence-corrected chi connectivity index (χ1v) is 6.81. The maximum atomic E-state index is 14.1. The molecule has 3 nitrogen and oxygen atoms in total. The van der Waals surface area contributed by atoms with E-state index in [9.17, 15) is 4.39 Å². The molecule has 1 rings (SSSR count). The first-order chi connectivity index (χ1) is 9.10. The Morgan fingerprint density at radius 1 is 1.42 bits per heavy atom. The third kappa shape index (κ3) is 4.80. The van der Waals surface area contributed by atoms with Gasteiger partial charge in [0.1, 0.15) is 5.82 Å². The summed E-state index contributed by atoms with van der Waals surface area (Å²) in [5, 5.41) is 3.27. The van der Waals surface area contributed by atoms with Crippen molar-refractivity contribution >= 4 is 5.69 Å². The lowest BCUT2D eigenvalue weighted by atomic mass is 10.1. The Hall–Kier alpha value is -1.13. The Morgan fingerprint density at radius 2 is 2.16 bits per heavy atom. The van der Waals surface area contributed by atoms with E-state index in [0.717, 1.165) is 18.5 Å². The van der Waals surface area contributed by atoms with Crippen molar-refractivity contribution in [3.8, 4) is 0 Å². The molecule has 0 aromatic heterocycles. The Morgan fingerprint density at radius 3 is 2.74 bits per heavy atom. The molecular formula is C15H25FN2O. The molecule has 1 aromatic carbocycles. The largest absolute Gasteiger partial charge is 0.383 e. The van der Waals surface area contributed by atoms with Crippen molar-refractivity contribution in [3.63, 3.8) is 0 Å². The quantitative estimate of drug-likeness (QED) is 0.734. The predicted molar refractivity (Wildman–Crippen MR) is 78.1 cm³/mol. The molecular weight excluding hydrogens is 243 g/mol. The van der Waals surface area contributed by atoms with E-state index < -0.39 is 0 Å². The van der Waals surface area contributed by atoms with E-state index in [1.54, 1.807) is 13.2 Å². The molecule has 0 amide bonds. The maximum absolute atomic E-state index is 14.1. The summed E-state index contributed by atoms with van der Waals surface area (Å²) >= 11 is 0. The Labute approximate surface area is 115 Å². The van der Waals surface area contributed by atoms with Gasteiger partial charge in [0, 0.05) is 26.7 Å². The summed E-state index contributed by atoms with van der Waals surface area (Å²) < 4.78 is 19.2. The molecule has 0 aliphatic rings. The summed E-state index contributed by atoms with van der Waals surface area (Å²) in [6.07, 6.45) is 1.08. The molecule has 108 valence electrons. The minimum atomic E-state index is -0.179. The summed E-state index contributed by atoms with van der Waals surface area (Å²) in [6.45, 7) is 6.37. The lowest BCUT2D eigenvalue weighted by Crippen LogP contribution is -2.33. The van der Waals surface area contributed by atoms with Gasteiger partial charge in [0.15, 0.2) is 0 Å². The number of halogens is 1. The molecule has 0 bridgehead atoms. The van der Waals surface area contributed by atoms with E-state index in [4.69, 9.17) is 4.74 Å². The number of nitrogens with one attached hydrogen (secondary N) is 1.